The summed E-state index contributed by atoms with van der Waals surface area (Å²) in [5.74, 6) is 0.691. The predicted octanol–water partition coefficient (Wildman–Crippen LogP) is 1.72. The minimum Gasteiger partial charge on any atom is -0.396 e. The fourth-order valence-electron chi connectivity index (χ4n) is 1.25. The molecule has 0 spiro atoms. The molecule has 1 rings (SSSR count). The minimum atomic E-state index is -0.400. The first-order valence-corrected chi connectivity index (χ1v) is 4.84. The van der Waals surface area contributed by atoms with Crippen LogP contribution in [0.25, 0.3) is 0 Å². The third kappa shape index (κ3) is 2.20. The lowest BCUT2D eigenvalue weighted by molar-refractivity contribution is -0.0390. The van der Waals surface area contributed by atoms with Crippen molar-refractivity contribution in [3.63, 3.8) is 0 Å². The van der Waals surface area contributed by atoms with E-state index in [1.807, 2.05) is 13.8 Å². The molecule has 0 fully saturated rings. The maximum atomic E-state index is 5.64. The van der Waals surface area contributed by atoms with Crippen LogP contribution in [0.2, 0.25) is 0 Å². The molecule has 0 amide bonds. The van der Waals surface area contributed by atoms with E-state index in [4.69, 9.17) is 10.5 Å². The van der Waals surface area contributed by atoms with E-state index in [9.17, 15) is 0 Å². The van der Waals surface area contributed by atoms with Crippen LogP contribution in [-0.4, -0.2) is 16.6 Å². The average molecular weight is 195 g/mol. The van der Waals surface area contributed by atoms with Gasteiger partial charge >= 0.3 is 0 Å². The van der Waals surface area contributed by atoms with Gasteiger partial charge < -0.3 is 10.5 Å². The quantitative estimate of drug-likeness (QED) is 0.794. The van der Waals surface area contributed by atoms with Crippen molar-refractivity contribution < 1.29 is 4.74 Å². The zero-order valence-electron chi connectivity index (χ0n) is 8.95. The highest BCUT2D eigenvalue weighted by Crippen LogP contribution is 2.25. The van der Waals surface area contributed by atoms with Crippen molar-refractivity contribution in [3.05, 3.63) is 18.2 Å². The highest BCUT2D eigenvalue weighted by Gasteiger charge is 2.27. The topological polar surface area (TPSA) is 61.0 Å². The smallest absolute Gasteiger partial charge is 0.160 e. The Kier molecular flexibility index (Phi) is 3.41. The second kappa shape index (κ2) is 4.37. The Morgan fingerprint density at radius 2 is 1.93 bits per heavy atom. The van der Waals surface area contributed by atoms with E-state index in [1.54, 1.807) is 12.4 Å². The maximum Gasteiger partial charge on any atom is 0.160 e. The molecule has 2 N–H and O–H groups in total. The van der Waals surface area contributed by atoms with Crippen LogP contribution in [-0.2, 0) is 10.3 Å². The van der Waals surface area contributed by atoms with Gasteiger partial charge in [0, 0.05) is 6.61 Å². The first kappa shape index (κ1) is 10.9. The number of rotatable bonds is 4. The molecule has 0 aliphatic heterocycles. The summed E-state index contributed by atoms with van der Waals surface area (Å²) in [6.45, 7) is 6.65. The van der Waals surface area contributed by atoms with Gasteiger partial charge in [-0.25, -0.2) is 9.97 Å². The number of nitrogens with zero attached hydrogens (tertiary/aromatic N) is 2. The Labute approximate surface area is 84.5 Å². The van der Waals surface area contributed by atoms with Gasteiger partial charge in [-0.15, -0.1) is 0 Å². The van der Waals surface area contributed by atoms with Crippen molar-refractivity contribution in [1.82, 2.24) is 9.97 Å². The molecule has 4 nitrogen and oxygen atoms in total. The van der Waals surface area contributed by atoms with E-state index in [0.29, 0.717) is 18.1 Å². The van der Waals surface area contributed by atoms with Crippen LogP contribution in [0.5, 0.6) is 0 Å². The lowest BCUT2D eigenvalue weighted by atomic mass is 10.0. The van der Waals surface area contributed by atoms with Gasteiger partial charge in [0.25, 0.3) is 0 Å². The summed E-state index contributed by atoms with van der Waals surface area (Å²) in [5, 5.41) is 0. The number of nitrogen functional groups attached to an aromatic ring is 1. The van der Waals surface area contributed by atoms with Crippen LogP contribution in [0.3, 0.4) is 0 Å². The van der Waals surface area contributed by atoms with Crippen LogP contribution in [0.1, 0.15) is 33.0 Å². The molecule has 14 heavy (non-hydrogen) atoms. The minimum absolute atomic E-state index is 0.400. The summed E-state index contributed by atoms with van der Waals surface area (Å²) in [5.41, 5.74) is 5.69. The standard InChI is InChI=1S/C10H17N3O/c1-4-10(3,14-5-2)9-12-6-8(11)7-13-9/h6-7H,4-5,11H2,1-3H3. The molecule has 0 bridgehead atoms. The fraction of sp³-hybridized carbons (Fsp3) is 0.600. The van der Waals surface area contributed by atoms with E-state index >= 15 is 0 Å². The zero-order valence-corrected chi connectivity index (χ0v) is 8.95. The normalized spacial score (nSPS) is 15.1. The summed E-state index contributed by atoms with van der Waals surface area (Å²) in [6, 6.07) is 0. The van der Waals surface area contributed by atoms with Crippen molar-refractivity contribution >= 4 is 5.69 Å². The molecule has 0 aromatic carbocycles. The number of hydrogen-bond acceptors (Lipinski definition) is 4. The monoisotopic (exact) mass is 195 g/mol. The van der Waals surface area contributed by atoms with E-state index in [2.05, 4.69) is 16.9 Å². The van der Waals surface area contributed by atoms with Gasteiger partial charge in [0.15, 0.2) is 5.82 Å². The molecule has 1 aromatic rings. The fourth-order valence-corrected chi connectivity index (χ4v) is 1.25. The first-order valence-electron chi connectivity index (χ1n) is 4.84. The first-order chi connectivity index (χ1) is 6.62. The Hall–Kier alpha value is -1.16. The SMILES string of the molecule is CCOC(C)(CC)c1ncc(N)cn1. The molecule has 1 aromatic heterocycles. The third-order valence-electron chi connectivity index (χ3n) is 2.28. The van der Waals surface area contributed by atoms with E-state index < -0.39 is 5.60 Å². The summed E-state index contributed by atoms with van der Waals surface area (Å²) < 4.78 is 5.64. The van der Waals surface area contributed by atoms with Gasteiger partial charge in [-0.3, -0.25) is 0 Å². The van der Waals surface area contributed by atoms with Crippen molar-refractivity contribution in [3.8, 4) is 0 Å². The Bertz CT molecular complexity index is 286. The van der Waals surface area contributed by atoms with Crippen molar-refractivity contribution in [2.75, 3.05) is 12.3 Å². The summed E-state index contributed by atoms with van der Waals surface area (Å²) >= 11 is 0. The van der Waals surface area contributed by atoms with E-state index in [0.717, 1.165) is 6.42 Å². The van der Waals surface area contributed by atoms with Crippen molar-refractivity contribution in [2.24, 2.45) is 0 Å². The van der Waals surface area contributed by atoms with Gasteiger partial charge in [0.1, 0.15) is 5.60 Å². The molecule has 1 unspecified atom stereocenters. The number of nitrogens with two attached hydrogens (primary N) is 1. The Morgan fingerprint density at radius 1 is 1.36 bits per heavy atom. The summed E-state index contributed by atoms with van der Waals surface area (Å²) in [7, 11) is 0. The van der Waals surface area contributed by atoms with Crippen molar-refractivity contribution in [1.29, 1.82) is 0 Å². The highest BCUT2D eigenvalue weighted by molar-refractivity contribution is 5.30. The van der Waals surface area contributed by atoms with Crippen LogP contribution in [0, 0.1) is 0 Å². The average Bonchev–Trinajstić information content (AvgIpc) is 2.19. The molecule has 0 aliphatic rings. The Morgan fingerprint density at radius 3 is 2.36 bits per heavy atom. The number of aromatic nitrogens is 2. The number of anilines is 1. The zero-order chi connectivity index (χ0) is 10.6. The predicted molar refractivity (Wildman–Crippen MR) is 55.7 cm³/mol. The van der Waals surface area contributed by atoms with Gasteiger partial charge in [-0.1, -0.05) is 6.92 Å². The van der Waals surface area contributed by atoms with E-state index in [1.165, 1.54) is 0 Å². The van der Waals surface area contributed by atoms with Crippen molar-refractivity contribution in [2.45, 2.75) is 32.8 Å². The highest BCUT2D eigenvalue weighted by atomic mass is 16.5. The molecule has 1 atom stereocenters. The second-order valence-electron chi connectivity index (χ2n) is 3.36. The molecule has 0 aliphatic carbocycles. The summed E-state index contributed by atoms with van der Waals surface area (Å²) in [4.78, 5) is 8.36. The lowest BCUT2D eigenvalue weighted by Crippen LogP contribution is -2.27. The molecule has 4 heteroatoms. The van der Waals surface area contributed by atoms with Crippen LogP contribution in [0.4, 0.5) is 5.69 Å². The Balaban J connectivity index is 2.94. The molecule has 0 radical (unpaired) electrons. The molecular weight excluding hydrogens is 178 g/mol. The molecule has 0 saturated heterocycles. The van der Waals surface area contributed by atoms with Gasteiger partial charge in [-0.05, 0) is 20.3 Å². The van der Waals surface area contributed by atoms with Crippen LogP contribution >= 0.6 is 0 Å². The van der Waals surface area contributed by atoms with Crippen LogP contribution < -0.4 is 5.73 Å². The second-order valence-corrected chi connectivity index (χ2v) is 3.36. The number of hydrogen-bond donors (Lipinski definition) is 1. The molecule has 0 saturated carbocycles. The lowest BCUT2D eigenvalue weighted by Gasteiger charge is -2.26. The summed E-state index contributed by atoms with van der Waals surface area (Å²) in [6.07, 6.45) is 4.05. The molecule has 1 heterocycles. The number of ether oxygens (including phenoxy) is 1. The van der Waals surface area contributed by atoms with Gasteiger partial charge in [0.05, 0.1) is 18.1 Å². The third-order valence-corrected chi connectivity index (χ3v) is 2.28. The molecular formula is C10H17N3O. The maximum absolute atomic E-state index is 5.64. The van der Waals surface area contributed by atoms with Gasteiger partial charge in [-0.2, -0.15) is 0 Å². The molecule has 78 valence electrons. The van der Waals surface area contributed by atoms with Crippen LogP contribution in [0.15, 0.2) is 12.4 Å². The van der Waals surface area contributed by atoms with E-state index in [-0.39, 0.29) is 0 Å². The largest absolute Gasteiger partial charge is 0.396 e. The van der Waals surface area contributed by atoms with Gasteiger partial charge in [0.2, 0.25) is 0 Å².